The van der Waals surface area contributed by atoms with Crippen molar-refractivity contribution in [3.63, 3.8) is 0 Å². The number of hydrogen-bond donors (Lipinski definition) is 1. The number of likely N-dealkylation sites (tertiary alicyclic amines) is 1. The molecule has 0 bridgehead atoms. The summed E-state index contributed by atoms with van der Waals surface area (Å²) in [6.07, 6.45) is 1.20. The maximum absolute atomic E-state index is 6.25. The van der Waals surface area contributed by atoms with E-state index in [1.807, 2.05) is 19.2 Å². The van der Waals surface area contributed by atoms with E-state index in [0.717, 1.165) is 25.4 Å². The van der Waals surface area contributed by atoms with E-state index >= 15 is 0 Å². The molecule has 19 heavy (non-hydrogen) atoms. The van der Waals surface area contributed by atoms with E-state index in [2.05, 4.69) is 10.2 Å². The lowest BCUT2D eigenvalue weighted by Crippen LogP contribution is -2.29. The van der Waals surface area contributed by atoms with Crippen molar-refractivity contribution >= 4 is 11.6 Å². The Balaban J connectivity index is 1.73. The van der Waals surface area contributed by atoms with Crippen molar-refractivity contribution in [1.82, 2.24) is 10.2 Å². The zero-order chi connectivity index (χ0) is 13.2. The molecule has 0 radical (unpaired) electrons. The van der Waals surface area contributed by atoms with Gasteiger partial charge >= 0.3 is 0 Å². The molecule has 3 rings (SSSR count). The summed E-state index contributed by atoms with van der Waals surface area (Å²) in [5.41, 5.74) is 1.19. The summed E-state index contributed by atoms with van der Waals surface area (Å²) < 4.78 is 11.1. The van der Waals surface area contributed by atoms with E-state index in [1.54, 1.807) is 0 Å². The standard InChI is InChI=1S/C14H19ClN2O2/c1-16-11-2-3-17(9-11)8-10-6-12(15)14-13(7-10)18-4-5-19-14/h6-7,11,16H,2-5,8-9H2,1H3. The highest BCUT2D eigenvalue weighted by molar-refractivity contribution is 6.32. The van der Waals surface area contributed by atoms with Crippen LogP contribution in [0.4, 0.5) is 0 Å². The highest BCUT2D eigenvalue weighted by Gasteiger charge is 2.22. The Morgan fingerprint density at radius 1 is 1.37 bits per heavy atom. The molecule has 1 aromatic rings. The number of nitrogens with one attached hydrogen (secondary N) is 1. The zero-order valence-electron chi connectivity index (χ0n) is 11.1. The number of ether oxygens (including phenoxy) is 2. The minimum absolute atomic E-state index is 0.571. The van der Waals surface area contributed by atoms with E-state index in [1.165, 1.54) is 12.0 Å². The third kappa shape index (κ3) is 2.81. The highest BCUT2D eigenvalue weighted by Crippen LogP contribution is 2.38. The number of halogens is 1. The van der Waals surface area contributed by atoms with Gasteiger partial charge in [0.15, 0.2) is 11.5 Å². The first-order valence-electron chi connectivity index (χ1n) is 6.74. The number of benzene rings is 1. The first-order valence-corrected chi connectivity index (χ1v) is 7.11. The Labute approximate surface area is 118 Å². The summed E-state index contributed by atoms with van der Waals surface area (Å²) in [5.74, 6) is 1.46. The molecule has 0 saturated carbocycles. The van der Waals surface area contributed by atoms with Crippen LogP contribution >= 0.6 is 11.6 Å². The molecular weight excluding hydrogens is 264 g/mol. The number of rotatable bonds is 3. The quantitative estimate of drug-likeness (QED) is 0.918. The Bertz CT molecular complexity index is 467. The summed E-state index contributed by atoms with van der Waals surface area (Å²) in [6, 6.07) is 4.64. The van der Waals surface area contributed by atoms with Crippen LogP contribution in [0.2, 0.25) is 5.02 Å². The van der Waals surface area contributed by atoms with Crippen molar-refractivity contribution in [1.29, 1.82) is 0 Å². The van der Waals surface area contributed by atoms with Gasteiger partial charge in [0.25, 0.3) is 0 Å². The van der Waals surface area contributed by atoms with Crippen LogP contribution in [-0.4, -0.2) is 44.3 Å². The van der Waals surface area contributed by atoms with Gasteiger partial charge in [-0.05, 0) is 31.2 Å². The molecule has 2 aliphatic rings. The summed E-state index contributed by atoms with van der Waals surface area (Å²) >= 11 is 6.25. The molecule has 1 N–H and O–H groups in total. The normalized spacial score (nSPS) is 22.7. The molecule has 5 heteroatoms. The highest BCUT2D eigenvalue weighted by atomic mass is 35.5. The minimum Gasteiger partial charge on any atom is -0.486 e. The molecule has 2 heterocycles. The molecule has 1 saturated heterocycles. The molecule has 0 amide bonds. The smallest absolute Gasteiger partial charge is 0.179 e. The maximum Gasteiger partial charge on any atom is 0.179 e. The third-order valence-corrected chi connectivity index (χ3v) is 4.02. The average molecular weight is 283 g/mol. The van der Waals surface area contributed by atoms with Gasteiger partial charge in [-0.1, -0.05) is 11.6 Å². The first kappa shape index (κ1) is 13.0. The number of hydrogen-bond acceptors (Lipinski definition) is 4. The fraction of sp³-hybridized carbons (Fsp3) is 0.571. The number of fused-ring (bicyclic) bond motifs is 1. The van der Waals surface area contributed by atoms with Crippen LogP contribution in [-0.2, 0) is 6.54 Å². The molecule has 2 aliphatic heterocycles. The zero-order valence-corrected chi connectivity index (χ0v) is 11.9. The second-order valence-corrected chi connectivity index (χ2v) is 5.52. The lowest BCUT2D eigenvalue weighted by atomic mass is 10.2. The summed E-state index contributed by atoms with van der Waals surface area (Å²) in [6.45, 7) is 4.29. The maximum atomic E-state index is 6.25. The SMILES string of the molecule is CNC1CCN(Cc2cc(Cl)c3c(c2)OCCO3)C1. The van der Waals surface area contributed by atoms with Crippen LogP contribution in [0.1, 0.15) is 12.0 Å². The second-order valence-electron chi connectivity index (χ2n) is 5.11. The van der Waals surface area contributed by atoms with E-state index < -0.39 is 0 Å². The van der Waals surface area contributed by atoms with Crippen LogP contribution in [0, 0.1) is 0 Å². The summed E-state index contributed by atoms with van der Waals surface area (Å²) in [7, 11) is 2.02. The van der Waals surface area contributed by atoms with E-state index in [-0.39, 0.29) is 0 Å². The van der Waals surface area contributed by atoms with Crippen LogP contribution < -0.4 is 14.8 Å². The van der Waals surface area contributed by atoms with Gasteiger partial charge in [-0.2, -0.15) is 0 Å². The van der Waals surface area contributed by atoms with Gasteiger partial charge in [-0.3, -0.25) is 4.90 Å². The predicted octanol–water partition coefficient (Wildman–Crippen LogP) is 1.90. The van der Waals surface area contributed by atoms with Gasteiger partial charge in [0, 0.05) is 25.7 Å². The minimum atomic E-state index is 0.571. The Hall–Kier alpha value is -0.970. The van der Waals surface area contributed by atoms with Crippen molar-refractivity contribution in [2.45, 2.75) is 19.0 Å². The number of nitrogens with zero attached hydrogens (tertiary/aromatic N) is 1. The Morgan fingerprint density at radius 3 is 3.00 bits per heavy atom. The molecule has 1 aromatic carbocycles. The fourth-order valence-corrected chi connectivity index (χ4v) is 3.01. The fourth-order valence-electron chi connectivity index (χ4n) is 2.73. The average Bonchev–Trinajstić information content (AvgIpc) is 2.86. The largest absolute Gasteiger partial charge is 0.486 e. The molecule has 1 fully saturated rings. The van der Waals surface area contributed by atoms with E-state index in [9.17, 15) is 0 Å². The molecular formula is C14H19ClN2O2. The van der Waals surface area contributed by atoms with E-state index in [0.29, 0.717) is 30.0 Å². The van der Waals surface area contributed by atoms with Crippen molar-refractivity contribution in [3.8, 4) is 11.5 Å². The molecule has 0 aliphatic carbocycles. The van der Waals surface area contributed by atoms with Gasteiger partial charge < -0.3 is 14.8 Å². The summed E-state index contributed by atoms with van der Waals surface area (Å²) in [4.78, 5) is 2.43. The van der Waals surface area contributed by atoms with Crippen LogP contribution in [0.15, 0.2) is 12.1 Å². The van der Waals surface area contributed by atoms with Gasteiger partial charge in [-0.15, -0.1) is 0 Å². The molecule has 0 aromatic heterocycles. The topological polar surface area (TPSA) is 33.7 Å². The predicted molar refractivity (Wildman–Crippen MR) is 75.2 cm³/mol. The second kappa shape index (κ2) is 5.57. The van der Waals surface area contributed by atoms with Crippen LogP contribution in [0.25, 0.3) is 0 Å². The first-order chi connectivity index (χ1) is 9.26. The van der Waals surface area contributed by atoms with Gasteiger partial charge in [0.2, 0.25) is 0 Å². The van der Waals surface area contributed by atoms with E-state index in [4.69, 9.17) is 21.1 Å². The number of likely N-dealkylation sites (N-methyl/N-ethyl adjacent to an activating group) is 1. The van der Waals surface area contributed by atoms with Gasteiger partial charge in [0.05, 0.1) is 5.02 Å². The van der Waals surface area contributed by atoms with Crippen molar-refractivity contribution in [2.75, 3.05) is 33.4 Å². The van der Waals surface area contributed by atoms with Crippen LogP contribution in [0.3, 0.4) is 0 Å². The van der Waals surface area contributed by atoms with Crippen LogP contribution in [0.5, 0.6) is 11.5 Å². The Kier molecular flexibility index (Phi) is 3.82. The molecule has 1 unspecified atom stereocenters. The molecule has 1 atom stereocenters. The van der Waals surface area contributed by atoms with Crippen molar-refractivity contribution in [3.05, 3.63) is 22.7 Å². The van der Waals surface area contributed by atoms with Gasteiger partial charge in [0.1, 0.15) is 13.2 Å². The van der Waals surface area contributed by atoms with Crippen molar-refractivity contribution < 1.29 is 9.47 Å². The molecule has 4 nitrogen and oxygen atoms in total. The molecule has 0 spiro atoms. The van der Waals surface area contributed by atoms with Gasteiger partial charge in [-0.25, -0.2) is 0 Å². The molecule has 104 valence electrons. The monoisotopic (exact) mass is 282 g/mol. The third-order valence-electron chi connectivity index (χ3n) is 3.74. The van der Waals surface area contributed by atoms with Crippen molar-refractivity contribution in [2.24, 2.45) is 0 Å². The summed E-state index contributed by atoms with van der Waals surface area (Å²) in [5, 5.41) is 3.98. The Morgan fingerprint density at radius 2 is 2.21 bits per heavy atom. The lowest BCUT2D eigenvalue weighted by Gasteiger charge is -2.22. The lowest BCUT2D eigenvalue weighted by molar-refractivity contribution is 0.171.